The van der Waals surface area contributed by atoms with Crippen molar-refractivity contribution in [2.45, 2.75) is 30.6 Å². The van der Waals surface area contributed by atoms with Crippen LogP contribution in [0.15, 0.2) is 59.8 Å². The molecule has 0 atom stereocenters. The Morgan fingerprint density at radius 1 is 1.19 bits per heavy atom. The van der Waals surface area contributed by atoms with Gasteiger partial charge in [0.05, 0.1) is 18.4 Å². The lowest BCUT2D eigenvalue weighted by Crippen LogP contribution is -2.26. The molecule has 0 aliphatic carbocycles. The first-order valence-corrected chi connectivity index (χ1v) is 12.0. The molecule has 2 heterocycles. The van der Waals surface area contributed by atoms with Crippen molar-refractivity contribution in [3.05, 3.63) is 82.4 Å². The van der Waals surface area contributed by atoms with Crippen molar-refractivity contribution in [3.8, 4) is 0 Å². The van der Waals surface area contributed by atoms with Crippen LogP contribution in [0.4, 0.5) is 0 Å². The molecule has 2 aromatic heterocycles. The fourth-order valence-electron chi connectivity index (χ4n) is 3.55. The molecule has 0 aliphatic rings. The minimum absolute atomic E-state index is 0.170. The van der Waals surface area contributed by atoms with Crippen LogP contribution in [0.25, 0.3) is 0 Å². The number of carbonyl (C=O) groups is 1. The number of aryl methyl sites for hydroxylation is 1. The third-order valence-electron chi connectivity index (χ3n) is 5.26. The lowest BCUT2D eigenvalue weighted by molar-refractivity contribution is -0.140. The highest BCUT2D eigenvalue weighted by Crippen LogP contribution is 2.21. The molecule has 0 bridgehead atoms. The van der Waals surface area contributed by atoms with E-state index in [9.17, 15) is 13.2 Å². The Hall–Kier alpha value is -2.68. The number of benzene rings is 1. The Balaban J connectivity index is 1.77. The summed E-state index contributed by atoms with van der Waals surface area (Å²) in [5, 5.41) is 0.479. The van der Waals surface area contributed by atoms with Crippen molar-refractivity contribution in [1.82, 2.24) is 14.3 Å². The van der Waals surface area contributed by atoms with Crippen molar-refractivity contribution in [3.63, 3.8) is 0 Å². The van der Waals surface area contributed by atoms with E-state index in [4.69, 9.17) is 16.3 Å². The number of aromatic nitrogens is 2. The van der Waals surface area contributed by atoms with Crippen LogP contribution in [0, 0.1) is 0 Å². The Kier molecular flexibility index (Phi) is 8.06. The number of sulfonamides is 1. The second-order valence-electron chi connectivity index (χ2n) is 7.38. The highest BCUT2D eigenvalue weighted by Gasteiger charge is 2.17. The molecule has 7 nitrogen and oxygen atoms in total. The molecule has 1 aromatic carbocycles. The summed E-state index contributed by atoms with van der Waals surface area (Å²) in [4.78, 5) is 15.9. The second-order valence-corrected chi connectivity index (χ2v) is 9.59. The number of halogens is 1. The summed E-state index contributed by atoms with van der Waals surface area (Å²) < 4.78 is 34.6. The molecule has 0 spiro atoms. The predicted octanol–water partition coefficient (Wildman–Crippen LogP) is 3.29. The maximum atomic E-state index is 12.6. The minimum atomic E-state index is -3.64. The van der Waals surface area contributed by atoms with E-state index in [2.05, 4.69) is 15.8 Å². The first kappa shape index (κ1) is 24.0. The highest BCUT2D eigenvalue weighted by molar-refractivity contribution is 7.89. The van der Waals surface area contributed by atoms with Crippen LogP contribution in [-0.4, -0.2) is 37.6 Å². The van der Waals surface area contributed by atoms with Gasteiger partial charge in [-0.05, 0) is 53.9 Å². The van der Waals surface area contributed by atoms with E-state index >= 15 is 0 Å². The zero-order valence-electron chi connectivity index (χ0n) is 18.0. The molecular formula is C23H26ClN3O4S. The smallest absolute Gasteiger partial charge is 0.305 e. The summed E-state index contributed by atoms with van der Waals surface area (Å²) >= 11 is 5.85. The molecule has 1 N–H and O–H groups in total. The van der Waals surface area contributed by atoms with Gasteiger partial charge in [0.2, 0.25) is 10.0 Å². The number of nitrogens with zero attached hydrogens (tertiary/aromatic N) is 2. The van der Waals surface area contributed by atoms with Gasteiger partial charge in [0.1, 0.15) is 0 Å². The van der Waals surface area contributed by atoms with Crippen LogP contribution in [0.3, 0.4) is 0 Å². The SMILES string of the molecule is COC(=O)CCc1cc(Cc2cccnc2)c(CCNS(=O)(=O)c2ccc(Cl)cc2)n1C. The van der Waals surface area contributed by atoms with E-state index in [1.165, 1.54) is 19.2 Å². The van der Waals surface area contributed by atoms with Gasteiger partial charge in [-0.1, -0.05) is 17.7 Å². The van der Waals surface area contributed by atoms with E-state index in [1.807, 2.05) is 29.9 Å². The number of methoxy groups -OCH3 is 1. The second kappa shape index (κ2) is 10.8. The van der Waals surface area contributed by atoms with Gasteiger partial charge in [0.25, 0.3) is 0 Å². The number of carbonyl (C=O) groups excluding carboxylic acids is 1. The van der Waals surface area contributed by atoms with E-state index in [1.54, 1.807) is 18.3 Å². The van der Waals surface area contributed by atoms with E-state index in [0.29, 0.717) is 24.3 Å². The third-order valence-corrected chi connectivity index (χ3v) is 6.98. The molecule has 3 rings (SSSR count). The van der Waals surface area contributed by atoms with Crippen LogP contribution < -0.4 is 4.72 Å². The van der Waals surface area contributed by atoms with Crippen molar-refractivity contribution < 1.29 is 17.9 Å². The summed E-state index contributed by atoms with van der Waals surface area (Å²) in [6, 6.07) is 12.0. The average Bonchev–Trinajstić information content (AvgIpc) is 3.07. The van der Waals surface area contributed by atoms with E-state index in [-0.39, 0.29) is 23.8 Å². The number of hydrogen-bond acceptors (Lipinski definition) is 5. The van der Waals surface area contributed by atoms with Crippen molar-refractivity contribution >= 4 is 27.6 Å². The van der Waals surface area contributed by atoms with Gasteiger partial charge in [-0.25, -0.2) is 13.1 Å². The lowest BCUT2D eigenvalue weighted by Gasteiger charge is -2.11. The van der Waals surface area contributed by atoms with Crippen LogP contribution in [0.5, 0.6) is 0 Å². The Labute approximate surface area is 193 Å². The van der Waals surface area contributed by atoms with Crippen LogP contribution >= 0.6 is 11.6 Å². The first-order valence-electron chi connectivity index (χ1n) is 10.2. The summed E-state index contributed by atoms with van der Waals surface area (Å²) in [6.45, 7) is 0.235. The number of ether oxygens (including phenoxy) is 1. The molecule has 0 saturated carbocycles. The molecule has 0 unspecified atom stereocenters. The molecule has 0 saturated heterocycles. The van der Waals surface area contributed by atoms with Crippen molar-refractivity contribution in [2.75, 3.05) is 13.7 Å². The fourth-order valence-corrected chi connectivity index (χ4v) is 4.70. The van der Waals surface area contributed by atoms with Gasteiger partial charge in [0, 0.05) is 55.2 Å². The number of nitrogens with one attached hydrogen (secondary N) is 1. The molecular weight excluding hydrogens is 450 g/mol. The van der Waals surface area contributed by atoms with Gasteiger partial charge < -0.3 is 9.30 Å². The summed E-state index contributed by atoms with van der Waals surface area (Å²) in [5.74, 6) is -0.266. The van der Waals surface area contributed by atoms with Gasteiger partial charge in [0.15, 0.2) is 0 Å². The van der Waals surface area contributed by atoms with E-state index < -0.39 is 10.0 Å². The summed E-state index contributed by atoms with van der Waals surface area (Å²) in [7, 11) is -0.332. The van der Waals surface area contributed by atoms with Crippen molar-refractivity contribution in [1.29, 1.82) is 0 Å². The lowest BCUT2D eigenvalue weighted by atomic mass is 10.0. The number of esters is 1. The predicted molar refractivity (Wildman–Crippen MR) is 123 cm³/mol. The number of rotatable bonds is 10. The van der Waals surface area contributed by atoms with Gasteiger partial charge >= 0.3 is 5.97 Å². The molecule has 3 aromatic rings. The van der Waals surface area contributed by atoms with Gasteiger partial charge in [-0.15, -0.1) is 0 Å². The largest absolute Gasteiger partial charge is 0.469 e. The molecule has 0 radical (unpaired) electrons. The fraction of sp³-hybridized carbons (Fsp3) is 0.304. The maximum Gasteiger partial charge on any atom is 0.305 e. The third kappa shape index (κ3) is 6.18. The summed E-state index contributed by atoms with van der Waals surface area (Å²) in [6.07, 6.45) is 5.52. The minimum Gasteiger partial charge on any atom is -0.469 e. The Morgan fingerprint density at radius 2 is 1.94 bits per heavy atom. The van der Waals surface area contributed by atoms with Crippen LogP contribution in [-0.2, 0) is 45.9 Å². The topological polar surface area (TPSA) is 90.3 Å². The van der Waals surface area contributed by atoms with Gasteiger partial charge in [-0.2, -0.15) is 0 Å². The maximum absolute atomic E-state index is 12.6. The molecule has 0 aliphatic heterocycles. The molecule has 170 valence electrons. The molecule has 9 heteroatoms. The quantitative estimate of drug-likeness (QED) is 0.454. The molecule has 0 amide bonds. The summed E-state index contributed by atoms with van der Waals surface area (Å²) in [5.41, 5.74) is 4.13. The highest BCUT2D eigenvalue weighted by atomic mass is 35.5. The Morgan fingerprint density at radius 3 is 2.59 bits per heavy atom. The number of pyridine rings is 1. The zero-order valence-corrected chi connectivity index (χ0v) is 19.6. The Bertz CT molecular complexity index is 1160. The zero-order chi connectivity index (χ0) is 23.1. The van der Waals surface area contributed by atoms with Gasteiger partial charge in [-0.3, -0.25) is 9.78 Å². The average molecular weight is 476 g/mol. The normalized spacial score (nSPS) is 11.5. The molecule has 0 fully saturated rings. The molecule has 32 heavy (non-hydrogen) atoms. The number of hydrogen-bond donors (Lipinski definition) is 1. The van der Waals surface area contributed by atoms with Crippen LogP contribution in [0.2, 0.25) is 5.02 Å². The van der Waals surface area contributed by atoms with Crippen molar-refractivity contribution in [2.24, 2.45) is 7.05 Å². The monoisotopic (exact) mass is 475 g/mol. The van der Waals surface area contributed by atoms with Crippen LogP contribution in [0.1, 0.15) is 28.9 Å². The first-order chi connectivity index (χ1) is 15.3. The van der Waals surface area contributed by atoms with E-state index in [0.717, 1.165) is 22.5 Å². The standard InChI is InChI=1S/C23H26ClN3O4S/c1-27-20(7-10-23(28)31-2)15-18(14-17-4-3-12-25-16-17)22(27)11-13-26-32(29,30)21-8-5-19(24)6-9-21/h3-6,8-9,12,15-16,26H,7,10-11,13-14H2,1-2H3.